The van der Waals surface area contributed by atoms with Crippen molar-refractivity contribution in [2.45, 2.75) is 33.2 Å². The van der Waals surface area contributed by atoms with Gasteiger partial charge in [-0.1, -0.05) is 41.9 Å². The fourth-order valence-electron chi connectivity index (χ4n) is 4.17. The first-order valence-electron chi connectivity index (χ1n) is 11.1. The lowest BCUT2D eigenvalue weighted by Crippen LogP contribution is -2.41. The summed E-state index contributed by atoms with van der Waals surface area (Å²) in [4.78, 5) is 26.8. The molecule has 8 heteroatoms. The summed E-state index contributed by atoms with van der Waals surface area (Å²) >= 11 is 5.93. The van der Waals surface area contributed by atoms with Gasteiger partial charge in [0.05, 0.1) is 11.4 Å². The van der Waals surface area contributed by atoms with Crippen molar-refractivity contribution in [1.29, 1.82) is 0 Å². The molecule has 1 aromatic heterocycles. The molecule has 4 rings (SSSR count). The van der Waals surface area contributed by atoms with Gasteiger partial charge in [-0.2, -0.15) is 5.10 Å². The number of amides is 2. The number of nitrogens with zero attached hydrogens (tertiary/aromatic N) is 3. The Labute approximate surface area is 198 Å². The van der Waals surface area contributed by atoms with Crippen LogP contribution in [0.1, 0.15) is 31.0 Å². The Hall–Kier alpha value is -3.32. The van der Waals surface area contributed by atoms with Gasteiger partial charge in [-0.25, -0.2) is 4.68 Å². The predicted molar refractivity (Wildman–Crippen MR) is 131 cm³/mol. The number of anilines is 2. The van der Waals surface area contributed by atoms with Gasteiger partial charge in [0.1, 0.15) is 5.69 Å². The zero-order valence-corrected chi connectivity index (χ0v) is 19.6. The molecule has 7 nitrogen and oxygen atoms in total. The summed E-state index contributed by atoms with van der Waals surface area (Å²) in [5.41, 5.74) is 3.42. The first-order chi connectivity index (χ1) is 15.9. The molecule has 0 radical (unpaired) electrons. The Morgan fingerprint density at radius 2 is 1.73 bits per heavy atom. The second-order valence-corrected chi connectivity index (χ2v) is 8.75. The maximum atomic E-state index is 12.8. The second-order valence-electron chi connectivity index (χ2n) is 8.32. The highest BCUT2D eigenvalue weighted by atomic mass is 35.5. The standard InChI is InChI=1S/C25H28ClN5O2/c1-17-23(28-18(2)32)25(31(29-17)22-6-4-3-5-7-22)30-14-12-20(13-15-30)24(33)27-16-19-8-10-21(26)11-9-19/h3-11,20H,12-16H2,1-2H3,(H,27,33)(H,28,32). The maximum Gasteiger partial charge on any atom is 0.223 e. The minimum atomic E-state index is -0.136. The zero-order valence-electron chi connectivity index (χ0n) is 18.8. The van der Waals surface area contributed by atoms with Gasteiger partial charge in [-0.3, -0.25) is 9.59 Å². The number of carbonyl (C=O) groups excluding carboxylic acids is 2. The Morgan fingerprint density at radius 1 is 1.06 bits per heavy atom. The number of hydrogen-bond acceptors (Lipinski definition) is 4. The van der Waals surface area contributed by atoms with E-state index in [2.05, 4.69) is 15.5 Å². The molecule has 2 aromatic carbocycles. The molecule has 1 fully saturated rings. The summed E-state index contributed by atoms with van der Waals surface area (Å²) in [5, 5.41) is 11.4. The van der Waals surface area contributed by atoms with E-state index < -0.39 is 0 Å². The van der Waals surface area contributed by atoms with E-state index in [0.29, 0.717) is 24.7 Å². The average Bonchev–Trinajstić information content (AvgIpc) is 3.14. The Balaban J connectivity index is 1.47. The van der Waals surface area contributed by atoms with E-state index >= 15 is 0 Å². The molecule has 172 valence electrons. The number of rotatable bonds is 6. The van der Waals surface area contributed by atoms with Gasteiger partial charge in [0, 0.05) is 37.5 Å². The molecule has 1 aliphatic rings. The summed E-state index contributed by atoms with van der Waals surface area (Å²) in [7, 11) is 0. The highest BCUT2D eigenvalue weighted by Crippen LogP contribution is 2.34. The van der Waals surface area contributed by atoms with Crippen LogP contribution in [0.4, 0.5) is 11.5 Å². The van der Waals surface area contributed by atoms with E-state index in [0.717, 1.165) is 41.3 Å². The third-order valence-corrected chi connectivity index (χ3v) is 6.14. The molecule has 2 N–H and O–H groups in total. The van der Waals surface area contributed by atoms with Gasteiger partial charge >= 0.3 is 0 Å². The maximum absolute atomic E-state index is 12.8. The fourth-order valence-corrected chi connectivity index (χ4v) is 4.29. The van der Waals surface area contributed by atoms with E-state index in [1.807, 2.05) is 66.2 Å². The van der Waals surface area contributed by atoms with E-state index in [4.69, 9.17) is 16.7 Å². The van der Waals surface area contributed by atoms with Crippen LogP contribution in [0, 0.1) is 12.8 Å². The van der Waals surface area contributed by atoms with Gasteiger partial charge < -0.3 is 15.5 Å². The molecule has 0 aliphatic carbocycles. The van der Waals surface area contributed by atoms with Crippen LogP contribution in [0.3, 0.4) is 0 Å². The zero-order chi connectivity index (χ0) is 23.4. The molecule has 0 unspecified atom stereocenters. The quantitative estimate of drug-likeness (QED) is 0.568. The third kappa shape index (κ3) is 5.37. The monoisotopic (exact) mass is 465 g/mol. The van der Waals surface area contributed by atoms with Crippen molar-refractivity contribution >= 4 is 34.9 Å². The van der Waals surface area contributed by atoms with Crippen LogP contribution in [0.15, 0.2) is 54.6 Å². The van der Waals surface area contributed by atoms with Crippen molar-refractivity contribution in [2.24, 2.45) is 5.92 Å². The van der Waals surface area contributed by atoms with E-state index in [9.17, 15) is 9.59 Å². The molecule has 2 heterocycles. The molecule has 1 aliphatic heterocycles. The molecular weight excluding hydrogens is 438 g/mol. The summed E-state index contributed by atoms with van der Waals surface area (Å²) < 4.78 is 1.88. The summed E-state index contributed by atoms with van der Waals surface area (Å²) in [6.45, 7) is 5.28. The van der Waals surface area contributed by atoms with Crippen LogP contribution in [-0.2, 0) is 16.1 Å². The number of halogens is 1. The number of benzene rings is 2. The molecular formula is C25H28ClN5O2. The van der Waals surface area contributed by atoms with Crippen molar-refractivity contribution in [3.05, 3.63) is 70.9 Å². The third-order valence-electron chi connectivity index (χ3n) is 5.88. The first kappa shape index (κ1) is 22.9. The minimum absolute atomic E-state index is 0.0491. The fraction of sp³-hybridized carbons (Fsp3) is 0.320. The van der Waals surface area contributed by atoms with Crippen molar-refractivity contribution in [2.75, 3.05) is 23.3 Å². The lowest BCUT2D eigenvalue weighted by molar-refractivity contribution is -0.125. The number of carbonyl (C=O) groups is 2. The van der Waals surface area contributed by atoms with Gasteiger partial charge in [0.2, 0.25) is 11.8 Å². The SMILES string of the molecule is CC(=O)Nc1c(C)nn(-c2ccccc2)c1N1CCC(C(=O)NCc2ccc(Cl)cc2)CC1. The Kier molecular flexibility index (Phi) is 6.99. The molecule has 3 aromatic rings. The van der Waals surface area contributed by atoms with Gasteiger partial charge in [-0.15, -0.1) is 0 Å². The molecule has 0 saturated carbocycles. The number of aromatic nitrogens is 2. The lowest BCUT2D eigenvalue weighted by atomic mass is 9.95. The van der Waals surface area contributed by atoms with Gasteiger partial charge in [-0.05, 0) is 49.6 Å². The van der Waals surface area contributed by atoms with Crippen LogP contribution in [0.25, 0.3) is 5.69 Å². The van der Waals surface area contributed by atoms with Crippen LogP contribution in [-0.4, -0.2) is 34.7 Å². The predicted octanol–water partition coefficient (Wildman–Crippen LogP) is 4.33. The molecule has 0 atom stereocenters. The summed E-state index contributed by atoms with van der Waals surface area (Å²) in [5.74, 6) is 0.740. The first-order valence-corrected chi connectivity index (χ1v) is 11.5. The number of hydrogen-bond donors (Lipinski definition) is 2. The number of nitrogens with one attached hydrogen (secondary N) is 2. The van der Waals surface area contributed by atoms with Crippen LogP contribution >= 0.6 is 11.6 Å². The second kappa shape index (κ2) is 10.1. The van der Waals surface area contributed by atoms with Crippen LogP contribution in [0.2, 0.25) is 5.02 Å². The number of aryl methyl sites for hydroxylation is 1. The van der Waals surface area contributed by atoms with Gasteiger partial charge in [0.25, 0.3) is 0 Å². The average molecular weight is 466 g/mol. The van der Waals surface area contributed by atoms with E-state index in [-0.39, 0.29) is 17.7 Å². The smallest absolute Gasteiger partial charge is 0.223 e. The minimum Gasteiger partial charge on any atom is -0.355 e. The lowest BCUT2D eigenvalue weighted by Gasteiger charge is -2.33. The van der Waals surface area contributed by atoms with Crippen LogP contribution in [0.5, 0.6) is 0 Å². The molecule has 33 heavy (non-hydrogen) atoms. The van der Waals surface area contributed by atoms with Gasteiger partial charge in [0.15, 0.2) is 5.82 Å². The van der Waals surface area contributed by atoms with E-state index in [1.165, 1.54) is 6.92 Å². The van der Waals surface area contributed by atoms with Crippen molar-refractivity contribution < 1.29 is 9.59 Å². The van der Waals surface area contributed by atoms with Crippen molar-refractivity contribution in [3.8, 4) is 5.69 Å². The highest BCUT2D eigenvalue weighted by molar-refractivity contribution is 6.30. The molecule has 1 saturated heterocycles. The molecule has 2 amide bonds. The van der Waals surface area contributed by atoms with Crippen molar-refractivity contribution in [3.63, 3.8) is 0 Å². The normalized spacial score (nSPS) is 14.2. The number of para-hydroxylation sites is 1. The summed E-state index contributed by atoms with van der Waals surface area (Å²) in [6, 6.07) is 17.4. The topological polar surface area (TPSA) is 79.3 Å². The molecule has 0 bridgehead atoms. The van der Waals surface area contributed by atoms with Crippen LogP contribution < -0.4 is 15.5 Å². The largest absolute Gasteiger partial charge is 0.355 e. The Morgan fingerprint density at radius 3 is 2.36 bits per heavy atom. The molecule has 0 spiro atoms. The highest BCUT2D eigenvalue weighted by Gasteiger charge is 2.29. The van der Waals surface area contributed by atoms with E-state index in [1.54, 1.807) is 0 Å². The van der Waals surface area contributed by atoms with Crippen molar-refractivity contribution in [1.82, 2.24) is 15.1 Å². The Bertz CT molecular complexity index is 1120. The number of piperidine rings is 1. The summed E-state index contributed by atoms with van der Waals surface area (Å²) in [6.07, 6.45) is 1.45.